The van der Waals surface area contributed by atoms with Crippen LogP contribution in [0, 0.1) is 0 Å². The van der Waals surface area contributed by atoms with Crippen LogP contribution in [-0.2, 0) is 13.0 Å². The highest BCUT2D eigenvalue weighted by atomic mass is 35.5. The third-order valence-corrected chi connectivity index (χ3v) is 3.14. The molecule has 19 heavy (non-hydrogen) atoms. The van der Waals surface area contributed by atoms with Gasteiger partial charge in [-0.1, -0.05) is 23.7 Å². The summed E-state index contributed by atoms with van der Waals surface area (Å²) in [6.07, 6.45) is 5.40. The highest BCUT2D eigenvalue weighted by Gasteiger charge is 2.06. The molecule has 0 saturated carbocycles. The van der Waals surface area contributed by atoms with Gasteiger partial charge in [0.25, 0.3) is 0 Å². The van der Waals surface area contributed by atoms with E-state index in [2.05, 4.69) is 17.2 Å². The van der Waals surface area contributed by atoms with E-state index in [9.17, 15) is 0 Å². The smallest absolute Gasteiger partial charge is 0.123 e. The summed E-state index contributed by atoms with van der Waals surface area (Å²) >= 11 is 5.87. The average molecular weight is 280 g/mol. The van der Waals surface area contributed by atoms with Gasteiger partial charge in [-0.2, -0.15) is 5.10 Å². The summed E-state index contributed by atoms with van der Waals surface area (Å²) < 4.78 is 7.18. The van der Waals surface area contributed by atoms with Crippen LogP contribution in [-0.4, -0.2) is 23.4 Å². The van der Waals surface area contributed by atoms with E-state index in [0.29, 0.717) is 18.1 Å². The Hall–Kier alpha value is -1.52. The molecule has 0 unspecified atom stereocenters. The van der Waals surface area contributed by atoms with Crippen LogP contribution in [0.3, 0.4) is 0 Å². The molecule has 0 radical (unpaired) electrons. The first-order valence-corrected chi connectivity index (χ1v) is 6.64. The van der Waals surface area contributed by atoms with Gasteiger partial charge in [-0.3, -0.25) is 4.68 Å². The summed E-state index contributed by atoms with van der Waals surface area (Å²) in [5, 5.41) is 4.82. The van der Waals surface area contributed by atoms with Gasteiger partial charge >= 0.3 is 0 Å². The molecule has 0 saturated heterocycles. The first-order chi connectivity index (χ1) is 9.22. The van der Waals surface area contributed by atoms with Crippen LogP contribution < -0.4 is 10.5 Å². The Morgan fingerprint density at radius 2 is 2.26 bits per heavy atom. The van der Waals surface area contributed by atoms with Gasteiger partial charge in [0.1, 0.15) is 5.75 Å². The van der Waals surface area contributed by atoms with Crippen LogP contribution in [0.15, 0.2) is 30.6 Å². The third kappa shape index (κ3) is 3.72. The molecule has 0 fully saturated rings. The molecule has 0 aliphatic rings. The second kappa shape index (κ2) is 6.59. The van der Waals surface area contributed by atoms with Crippen molar-refractivity contribution in [2.45, 2.75) is 19.4 Å². The van der Waals surface area contributed by atoms with Crippen molar-refractivity contribution in [3.05, 3.63) is 46.7 Å². The lowest BCUT2D eigenvalue weighted by atomic mass is 10.1. The first-order valence-electron chi connectivity index (χ1n) is 6.26. The monoisotopic (exact) mass is 279 g/mol. The Kier molecular flexibility index (Phi) is 4.82. The Balaban J connectivity index is 2.20. The molecule has 0 atom stereocenters. The number of aryl methyl sites for hydroxylation is 1. The van der Waals surface area contributed by atoms with E-state index in [4.69, 9.17) is 22.1 Å². The van der Waals surface area contributed by atoms with E-state index in [1.54, 1.807) is 24.2 Å². The van der Waals surface area contributed by atoms with Crippen LogP contribution in [0.5, 0.6) is 5.75 Å². The molecule has 1 heterocycles. The predicted octanol–water partition coefficient (Wildman–Crippen LogP) is 2.48. The van der Waals surface area contributed by atoms with E-state index in [1.165, 1.54) is 5.56 Å². The SMILES string of the molecule is COc1ccc(CCCN)cc1Cn1cc(Cl)cn1. The van der Waals surface area contributed by atoms with Crippen molar-refractivity contribution < 1.29 is 4.74 Å². The van der Waals surface area contributed by atoms with Gasteiger partial charge < -0.3 is 10.5 Å². The Bertz CT molecular complexity index is 539. The maximum Gasteiger partial charge on any atom is 0.123 e. The largest absolute Gasteiger partial charge is 0.496 e. The van der Waals surface area contributed by atoms with Crippen molar-refractivity contribution in [2.75, 3.05) is 13.7 Å². The van der Waals surface area contributed by atoms with Crippen LogP contribution in [0.25, 0.3) is 0 Å². The molecule has 0 spiro atoms. The molecule has 2 N–H and O–H groups in total. The van der Waals surface area contributed by atoms with Crippen molar-refractivity contribution in [1.29, 1.82) is 0 Å². The molecular weight excluding hydrogens is 262 g/mol. The number of ether oxygens (including phenoxy) is 1. The van der Waals surface area contributed by atoms with Crippen molar-refractivity contribution in [3.8, 4) is 5.75 Å². The molecule has 0 bridgehead atoms. The molecule has 2 aromatic rings. The molecule has 0 amide bonds. The van der Waals surface area contributed by atoms with Gasteiger partial charge in [-0.05, 0) is 31.0 Å². The standard InChI is InChI=1S/C14H18ClN3O/c1-19-14-5-4-11(3-2-6-16)7-12(14)9-18-10-13(15)8-17-18/h4-5,7-8,10H,2-3,6,9,16H2,1H3. The molecular formula is C14H18ClN3O. The first kappa shape index (κ1) is 13.9. The Labute approximate surface area is 118 Å². The highest BCUT2D eigenvalue weighted by molar-refractivity contribution is 6.30. The Morgan fingerprint density at radius 1 is 1.42 bits per heavy atom. The molecule has 0 aliphatic carbocycles. The zero-order valence-electron chi connectivity index (χ0n) is 11.0. The van der Waals surface area contributed by atoms with Crippen molar-refractivity contribution >= 4 is 11.6 Å². The van der Waals surface area contributed by atoms with Crippen LogP contribution in [0.2, 0.25) is 5.02 Å². The van der Waals surface area contributed by atoms with Gasteiger partial charge in [0, 0.05) is 11.8 Å². The van der Waals surface area contributed by atoms with Crippen LogP contribution in [0.1, 0.15) is 17.5 Å². The second-order valence-corrected chi connectivity index (χ2v) is 4.83. The third-order valence-electron chi connectivity index (χ3n) is 2.95. The summed E-state index contributed by atoms with van der Waals surface area (Å²) in [6.45, 7) is 1.35. The fourth-order valence-electron chi connectivity index (χ4n) is 2.02. The number of nitrogens with two attached hydrogens (primary N) is 1. The van der Waals surface area contributed by atoms with Gasteiger partial charge in [-0.25, -0.2) is 0 Å². The summed E-state index contributed by atoms with van der Waals surface area (Å²) in [4.78, 5) is 0. The van der Waals surface area contributed by atoms with Gasteiger partial charge in [-0.15, -0.1) is 0 Å². The summed E-state index contributed by atoms with van der Waals surface area (Å²) in [5.74, 6) is 0.864. The van der Waals surface area contributed by atoms with Gasteiger partial charge in [0.2, 0.25) is 0 Å². The zero-order valence-corrected chi connectivity index (χ0v) is 11.7. The Morgan fingerprint density at radius 3 is 2.89 bits per heavy atom. The molecule has 1 aromatic heterocycles. The fraction of sp³-hybridized carbons (Fsp3) is 0.357. The molecule has 2 rings (SSSR count). The van der Waals surface area contributed by atoms with Crippen LogP contribution >= 0.6 is 11.6 Å². The van der Waals surface area contributed by atoms with E-state index in [0.717, 1.165) is 24.2 Å². The van der Waals surface area contributed by atoms with Gasteiger partial charge in [0.15, 0.2) is 0 Å². The molecule has 5 heteroatoms. The average Bonchev–Trinajstić information content (AvgIpc) is 2.82. The number of benzene rings is 1. The second-order valence-electron chi connectivity index (χ2n) is 4.39. The quantitative estimate of drug-likeness (QED) is 0.884. The molecule has 0 aliphatic heterocycles. The maximum atomic E-state index is 5.87. The minimum Gasteiger partial charge on any atom is -0.496 e. The minimum absolute atomic E-state index is 0.637. The number of hydrogen-bond donors (Lipinski definition) is 1. The number of nitrogens with zero attached hydrogens (tertiary/aromatic N) is 2. The summed E-state index contributed by atoms with van der Waals surface area (Å²) in [6, 6.07) is 6.21. The molecule has 1 aromatic carbocycles. The van der Waals surface area contributed by atoms with Crippen molar-refractivity contribution in [3.63, 3.8) is 0 Å². The number of halogens is 1. The number of rotatable bonds is 6. The lowest BCUT2D eigenvalue weighted by Gasteiger charge is -2.11. The van der Waals surface area contributed by atoms with Crippen molar-refractivity contribution in [2.24, 2.45) is 5.73 Å². The van der Waals surface area contributed by atoms with Crippen LogP contribution in [0.4, 0.5) is 0 Å². The number of methoxy groups -OCH3 is 1. The van der Waals surface area contributed by atoms with E-state index in [1.807, 2.05) is 6.07 Å². The summed E-state index contributed by atoms with van der Waals surface area (Å²) in [7, 11) is 1.68. The van der Waals surface area contributed by atoms with E-state index < -0.39 is 0 Å². The highest BCUT2D eigenvalue weighted by Crippen LogP contribution is 2.22. The summed E-state index contributed by atoms with van der Waals surface area (Å²) in [5.41, 5.74) is 7.90. The molecule has 4 nitrogen and oxygen atoms in total. The lowest BCUT2D eigenvalue weighted by Crippen LogP contribution is -2.04. The fourth-order valence-corrected chi connectivity index (χ4v) is 2.17. The normalized spacial score (nSPS) is 10.7. The topological polar surface area (TPSA) is 53.1 Å². The zero-order chi connectivity index (χ0) is 13.7. The molecule has 102 valence electrons. The maximum absolute atomic E-state index is 5.87. The minimum atomic E-state index is 0.637. The van der Waals surface area contributed by atoms with E-state index in [-0.39, 0.29) is 0 Å². The van der Waals surface area contributed by atoms with Crippen molar-refractivity contribution in [1.82, 2.24) is 9.78 Å². The number of hydrogen-bond acceptors (Lipinski definition) is 3. The lowest BCUT2D eigenvalue weighted by molar-refractivity contribution is 0.407. The predicted molar refractivity (Wildman–Crippen MR) is 76.7 cm³/mol. The van der Waals surface area contributed by atoms with E-state index >= 15 is 0 Å². The van der Waals surface area contributed by atoms with Gasteiger partial charge in [0.05, 0.1) is 24.9 Å². The number of aromatic nitrogens is 2.